The maximum Gasteiger partial charge on any atom is 0.256 e. The Hall–Kier alpha value is -1.68. The molecule has 1 amide bonds. The Balaban J connectivity index is 2.30. The number of hydrogen-bond donors (Lipinski definition) is 1. The van der Waals surface area contributed by atoms with Crippen LogP contribution in [0.15, 0.2) is 40.9 Å². The summed E-state index contributed by atoms with van der Waals surface area (Å²) in [6.45, 7) is 3.69. The summed E-state index contributed by atoms with van der Waals surface area (Å²) in [6, 6.07) is 10.0. The van der Waals surface area contributed by atoms with Gasteiger partial charge in [0.2, 0.25) is 0 Å². The van der Waals surface area contributed by atoms with Crippen LogP contribution < -0.4 is 5.32 Å². The fraction of sp³-hybridized carbons (Fsp3) is 0.133. The molecule has 19 heavy (non-hydrogen) atoms. The highest BCUT2D eigenvalue weighted by Gasteiger charge is 2.12. The van der Waals surface area contributed by atoms with Crippen LogP contribution in [0.1, 0.15) is 21.5 Å². The summed E-state index contributed by atoms with van der Waals surface area (Å²) >= 11 is 3.32. The Labute approximate surface area is 119 Å². The van der Waals surface area contributed by atoms with Gasteiger partial charge >= 0.3 is 0 Å². The monoisotopic (exact) mass is 321 g/mol. The van der Waals surface area contributed by atoms with Gasteiger partial charge in [0, 0.05) is 10.0 Å². The molecule has 0 saturated heterocycles. The number of rotatable bonds is 2. The van der Waals surface area contributed by atoms with E-state index in [9.17, 15) is 9.18 Å². The largest absolute Gasteiger partial charge is 0.319 e. The lowest BCUT2D eigenvalue weighted by Gasteiger charge is -2.09. The molecule has 0 radical (unpaired) electrons. The van der Waals surface area contributed by atoms with Gasteiger partial charge in [0.1, 0.15) is 5.82 Å². The first kappa shape index (κ1) is 13.7. The zero-order valence-electron chi connectivity index (χ0n) is 10.6. The molecule has 2 rings (SSSR count). The molecule has 0 heterocycles. The van der Waals surface area contributed by atoms with Gasteiger partial charge in [-0.3, -0.25) is 4.79 Å². The SMILES string of the molecule is Cc1ccc(F)c(NC(=O)c2cc(Br)ccc2C)c1. The van der Waals surface area contributed by atoms with Crippen molar-refractivity contribution < 1.29 is 9.18 Å². The highest BCUT2D eigenvalue weighted by atomic mass is 79.9. The van der Waals surface area contributed by atoms with Crippen LogP contribution in [0.4, 0.5) is 10.1 Å². The maximum atomic E-state index is 13.6. The number of benzene rings is 2. The van der Waals surface area contributed by atoms with E-state index >= 15 is 0 Å². The van der Waals surface area contributed by atoms with Gasteiger partial charge < -0.3 is 5.32 Å². The first-order chi connectivity index (χ1) is 8.97. The van der Waals surface area contributed by atoms with Crippen molar-refractivity contribution >= 4 is 27.5 Å². The molecule has 0 spiro atoms. The van der Waals surface area contributed by atoms with Gasteiger partial charge in [0.05, 0.1) is 5.69 Å². The Bertz CT molecular complexity index is 640. The first-order valence-corrected chi connectivity index (χ1v) is 6.60. The number of amides is 1. The number of halogens is 2. The Kier molecular flexibility index (Phi) is 4.00. The molecule has 0 aliphatic carbocycles. The molecule has 1 N–H and O–H groups in total. The van der Waals surface area contributed by atoms with Gasteiger partial charge in [0.25, 0.3) is 5.91 Å². The third kappa shape index (κ3) is 3.20. The van der Waals surface area contributed by atoms with Gasteiger partial charge in [0.15, 0.2) is 0 Å². The summed E-state index contributed by atoms with van der Waals surface area (Å²) in [6.07, 6.45) is 0. The molecule has 2 aromatic carbocycles. The molecule has 0 atom stereocenters. The number of aryl methyl sites for hydroxylation is 2. The van der Waals surface area contributed by atoms with E-state index in [1.165, 1.54) is 6.07 Å². The summed E-state index contributed by atoms with van der Waals surface area (Å²) in [4.78, 5) is 12.2. The lowest BCUT2D eigenvalue weighted by Crippen LogP contribution is -2.14. The van der Waals surface area contributed by atoms with E-state index in [1.807, 2.05) is 26.0 Å². The van der Waals surface area contributed by atoms with E-state index in [2.05, 4.69) is 21.2 Å². The molecule has 0 saturated carbocycles. The zero-order valence-corrected chi connectivity index (χ0v) is 12.2. The van der Waals surface area contributed by atoms with Gasteiger partial charge in [-0.05, 0) is 49.2 Å². The van der Waals surface area contributed by atoms with Gasteiger partial charge in [-0.15, -0.1) is 0 Å². The predicted molar refractivity (Wildman–Crippen MR) is 78.0 cm³/mol. The minimum atomic E-state index is -0.438. The number of hydrogen-bond acceptors (Lipinski definition) is 1. The third-order valence-corrected chi connectivity index (χ3v) is 3.31. The highest BCUT2D eigenvalue weighted by Crippen LogP contribution is 2.20. The lowest BCUT2D eigenvalue weighted by atomic mass is 10.1. The third-order valence-electron chi connectivity index (χ3n) is 2.81. The van der Waals surface area contributed by atoms with Crippen LogP contribution in [-0.4, -0.2) is 5.91 Å². The molecule has 0 fully saturated rings. The topological polar surface area (TPSA) is 29.1 Å². The van der Waals surface area contributed by atoms with Crippen molar-refractivity contribution in [2.75, 3.05) is 5.32 Å². The molecule has 0 bridgehead atoms. The first-order valence-electron chi connectivity index (χ1n) is 5.81. The molecular weight excluding hydrogens is 309 g/mol. The number of carbonyl (C=O) groups excluding carboxylic acids is 1. The van der Waals surface area contributed by atoms with Crippen LogP contribution in [0.3, 0.4) is 0 Å². The summed E-state index contributed by atoms with van der Waals surface area (Å²) in [5.41, 5.74) is 2.45. The van der Waals surface area contributed by atoms with E-state index in [4.69, 9.17) is 0 Å². The molecule has 2 nitrogen and oxygen atoms in total. The molecule has 0 aliphatic heterocycles. The van der Waals surface area contributed by atoms with Crippen molar-refractivity contribution in [1.29, 1.82) is 0 Å². The second-order valence-electron chi connectivity index (χ2n) is 4.40. The van der Waals surface area contributed by atoms with Crippen molar-refractivity contribution in [3.05, 3.63) is 63.4 Å². The predicted octanol–water partition coefficient (Wildman–Crippen LogP) is 4.46. The van der Waals surface area contributed by atoms with Crippen molar-refractivity contribution in [2.24, 2.45) is 0 Å². The summed E-state index contributed by atoms with van der Waals surface area (Å²) in [5, 5.41) is 2.60. The number of anilines is 1. The molecule has 0 aromatic heterocycles. The fourth-order valence-electron chi connectivity index (χ4n) is 1.76. The smallest absolute Gasteiger partial charge is 0.256 e. The van der Waals surface area contributed by atoms with Crippen LogP contribution in [0.2, 0.25) is 0 Å². The second kappa shape index (κ2) is 5.53. The van der Waals surface area contributed by atoms with Crippen LogP contribution in [0, 0.1) is 19.7 Å². The molecule has 98 valence electrons. The Morgan fingerprint density at radius 3 is 2.63 bits per heavy atom. The normalized spacial score (nSPS) is 10.3. The average molecular weight is 322 g/mol. The molecule has 0 aliphatic rings. The van der Waals surface area contributed by atoms with Crippen molar-refractivity contribution in [3.63, 3.8) is 0 Å². The standard InChI is InChI=1S/C15H13BrFNO/c1-9-3-6-13(17)14(7-9)18-15(19)12-8-11(16)5-4-10(12)2/h3-8H,1-2H3,(H,18,19). The quantitative estimate of drug-likeness (QED) is 0.869. The fourth-order valence-corrected chi connectivity index (χ4v) is 2.12. The van der Waals surface area contributed by atoms with Crippen molar-refractivity contribution in [2.45, 2.75) is 13.8 Å². The zero-order chi connectivity index (χ0) is 14.0. The van der Waals surface area contributed by atoms with Gasteiger partial charge in [-0.1, -0.05) is 28.1 Å². The Morgan fingerprint density at radius 1 is 1.16 bits per heavy atom. The summed E-state index contributed by atoms with van der Waals surface area (Å²) in [7, 11) is 0. The Morgan fingerprint density at radius 2 is 1.89 bits per heavy atom. The van der Waals surface area contributed by atoms with Crippen molar-refractivity contribution in [1.82, 2.24) is 0 Å². The number of nitrogens with one attached hydrogen (secondary N) is 1. The molecular formula is C15H13BrFNO. The molecule has 2 aromatic rings. The number of carbonyl (C=O) groups is 1. The van der Waals surface area contributed by atoms with Crippen LogP contribution >= 0.6 is 15.9 Å². The van der Waals surface area contributed by atoms with Crippen LogP contribution in [0.25, 0.3) is 0 Å². The summed E-state index contributed by atoms with van der Waals surface area (Å²) < 4.78 is 14.4. The highest BCUT2D eigenvalue weighted by molar-refractivity contribution is 9.10. The molecule has 0 unspecified atom stereocenters. The lowest BCUT2D eigenvalue weighted by molar-refractivity contribution is 0.102. The van der Waals surface area contributed by atoms with Gasteiger partial charge in [-0.2, -0.15) is 0 Å². The van der Waals surface area contributed by atoms with E-state index in [0.717, 1.165) is 15.6 Å². The maximum absolute atomic E-state index is 13.6. The van der Waals surface area contributed by atoms with Gasteiger partial charge in [-0.25, -0.2) is 4.39 Å². The van der Waals surface area contributed by atoms with E-state index in [1.54, 1.807) is 18.2 Å². The van der Waals surface area contributed by atoms with Crippen LogP contribution in [0.5, 0.6) is 0 Å². The van der Waals surface area contributed by atoms with E-state index in [0.29, 0.717) is 5.56 Å². The van der Waals surface area contributed by atoms with Crippen LogP contribution in [-0.2, 0) is 0 Å². The van der Waals surface area contributed by atoms with E-state index in [-0.39, 0.29) is 11.6 Å². The summed E-state index contributed by atoms with van der Waals surface area (Å²) in [5.74, 6) is -0.755. The average Bonchev–Trinajstić information content (AvgIpc) is 2.36. The molecule has 4 heteroatoms. The van der Waals surface area contributed by atoms with Crippen molar-refractivity contribution in [3.8, 4) is 0 Å². The van der Waals surface area contributed by atoms with E-state index < -0.39 is 5.82 Å². The second-order valence-corrected chi connectivity index (χ2v) is 5.31. The minimum absolute atomic E-state index is 0.198. The minimum Gasteiger partial charge on any atom is -0.319 e.